The quantitative estimate of drug-likeness (QED) is 0.670. The third kappa shape index (κ3) is 5.88. The molecule has 8 heteroatoms. The number of amides is 2. The van der Waals surface area contributed by atoms with Crippen molar-refractivity contribution in [1.82, 2.24) is 5.32 Å². The van der Waals surface area contributed by atoms with Gasteiger partial charge in [0.15, 0.2) is 0 Å². The molecular weight excluding hydrogens is 346 g/mol. The van der Waals surface area contributed by atoms with Gasteiger partial charge in [-0.2, -0.15) is 0 Å². The lowest BCUT2D eigenvalue weighted by Crippen LogP contribution is -2.50. The summed E-state index contributed by atoms with van der Waals surface area (Å²) in [5, 5.41) is 5.42. The molecule has 1 saturated heterocycles. The molecule has 140 valence electrons. The van der Waals surface area contributed by atoms with E-state index in [2.05, 4.69) is 10.6 Å². The Morgan fingerprint density at radius 1 is 1.24 bits per heavy atom. The molecule has 1 aromatic rings. The summed E-state index contributed by atoms with van der Waals surface area (Å²) < 4.78 is 10.6. The van der Waals surface area contributed by atoms with Gasteiger partial charge in [-0.1, -0.05) is 0 Å². The molecule has 0 radical (unpaired) electrons. The number of carbonyl (C=O) groups is 2. The molecule has 1 fully saturated rings. The molecular formula is C17H26ClN3O4. The highest BCUT2D eigenvalue weighted by atomic mass is 35.5. The number of hydrogen-bond donors (Lipinski definition) is 3. The van der Waals surface area contributed by atoms with Crippen LogP contribution in [0.4, 0.5) is 5.69 Å². The number of hydrogen-bond acceptors (Lipinski definition) is 5. The van der Waals surface area contributed by atoms with Gasteiger partial charge < -0.3 is 25.8 Å². The molecule has 2 amide bonds. The molecule has 1 aliphatic rings. The Morgan fingerprint density at radius 2 is 1.88 bits per heavy atom. The number of halogens is 1. The molecule has 0 spiro atoms. The first-order valence-corrected chi connectivity index (χ1v) is 8.18. The van der Waals surface area contributed by atoms with Crippen LogP contribution in [0, 0.1) is 5.41 Å². The maximum absolute atomic E-state index is 12.4. The maximum atomic E-state index is 12.4. The van der Waals surface area contributed by atoms with E-state index in [9.17, 15) is 9.59 Å². The van der Waals surface area contributed by atoms with Crippen LogP contribution in [-0.2, 0) is 14.3 Å². The molecule has 0 saturated carbocycles. The monoisotopic (exact) mass is 371 g/mol. The van der Waals surface area contributed by atoms with Crippen molar-refractivity contribution in [2.75, 3.05) is 38.2 Å². The third-order valence-corrected chi connectivity index (χ3v) is 4.18. The smallest absolute Gasteiger partial charge is 0.243 e. The van der Waals surface area contributed by atoms with Crippen molar-refractivity contribution in [3.8, 4) is 5.75 Å². The average Bonchev–Trinajstić information content (AvgIpc) is 2.62. The minimum atomic E-state index is -0.627. The fraction of sp³-hybridized carbons (Fsp3) is 0.529. The first-order chi connectivity index (χ1) is 11.6. The van der Waals surface area contributed by atoms with E-state index >= 15 is 0 Å². The van der Waals surface area contributed by atoms with Crippen LogP contribution < -0.4 is 21.1 Å². The average molecular weight is 372 g/mol. The van der Waals surface area contributed by atoms with Gasteiger partial charge in [0.1, 0.15) is 5.75 Å². The lowest BCUT2D eigenvalue weighted by molar-refractivity contribution is -0.137. The standard InChI is InChI=1S/C17H25N3O4.ClH/c1-2-24-14-5-3-13(4-6-14)20-15(21)11-19-16(22)17(12-18)7-9-23-10-8-17;/h3-6H,2,7-12,18H2,1H3,(H,19,22)(H,20,21);1H. The highest BCUT2D eigenvalue weighted by molar-refractivity contribution is 5.95. The molecule has 0 aliphatic carbocycles. The van der Waals surface area contributed by atoms with Gasteiger partial charge in [0.05, 0.1) is 18.6 Å². The van der Waals surface area contributed by atoms with Crippen LogP contribution >= 0.6 is 12.4 Å². The molecule has 0 atom stereocenters. The van der Waals surface area contributed by atoms with Gasteiger partial charge in [0.2, 0.25) is 11.8 Å². The lowest BCUT2D eigenvalue weighted by Gasteiger charge is -2.34. The Morgan fingerprint density at radius 3 is 2.44 bits per heavy atom. The van der Waals surface area contributed by atoms with Gasteiger partial charge in [0.25, 0.3) is 0 Å². The van der Waals surface area contributed by atoms with Crippen LogP contribution in [0.15, 0.2) is 24.3 Å². The normalized spacial score (nSPS) is 15.6. The zero-order valence-electron chi connectivity index (χ0n) is 14.4. The van der Waals surface area contributed by atoms with Crippen LogP contribution in [-0.4, -0.2) is 44.7 Å². The van der Waals surface area contributed by atoms with Crippen molar-refractivity contribution in [2.45, 2.75) is 19.8 Å². The summed E-state index contributed by atoms with van der Waals surface area (Å²) >= 11 is 0. The molecule has 7 nitrogen and oxygen atoms in total. The van der Waals surface area contributed by atoms with Crippen molar-refractivity contribution < 1.29 is 19.1 Å². The first-order valence-electron chi connectivity index (χ1n) is 8.18. The fourth-order valence-corrected chi connectivity index (χ4v) is 2.64. The molecule has 2 rings (SSSR count). The summed E-state index contributed by atoms with van der Waals surface area (Å²) in [6, 6.07) is 7.07. The number of anilines is 1. The number of ether oxygens (including phenoxy) is 2. The Hall–Kier alpha value is -1.83. The second-order valence-corrected chi connectivity index (χ2v) is 5.79. The predicted octanol–water partition coefficient (Wildman–Crippen LogP) is 1.32. The van der Waals surface area contributed by atoms with Crippen molar-refractivity contribution in [3.05, 3.63) is 24.3 Å². The molecule has 1 aliphatic heterocycles. The van der Waals surface area contributed by atoms with E-state index in [1.54, 1.807) is 24.3 Å². The minimum Gasteiger partial charge on any atom is -0.494 e. The number of benzene rings is 1. The van der Waals surface area contributed by atoms with Gasteiger partial charge in [-0.05, 0) is 44.0 Å². The molecule has 4 N–H and O–H groups in total. The van der Waals surface area contributed by atoms with E-state index in [0.29, 0.717) is 38.3 Å². The van der Waals surface area contributed by atoms with Crippen LogP contribution in [0.5, 0.6) is 5.75 Å². The minimum absolute atomic E-state index is 0. The van der Waals surface area contributed by atoms with E-state index in [0.717, 1.165) is 5.75 Å². The maximum Gasteiger partial charge on any atom is 0.243 e. The largest absolute Gasteiger partial charge is 0.494 e. The molecule has 1 aromatic carbocycles. The van der Waals surface area contributed by atoms with Crippen LogP contribution in [0.2, 0.25) is 0 Å². The van der Waals surface area contributed by atoms with E-state index in [4.69, 9.17) is 15.2 Å². The van der Waals surface area contributed by atoms with Crippen LogP contribution in [0.25, 0.3) is 0 Å². The molecule has 0 bridgehead atoms. The third-order valence-electron chi connectivity index (χ3n) is 4.18. The van der Waals surface area contributed by atoms with Gasteiger partial charge in [0, 0.05) is 25.4 Å². The Kier molecular flexibility index (Phi) is 8.68. The first kappa shape index (κ1) is 21.2. The highest BCUT2D eigenvalue weighted by Crippen LogP contribution is 2.29. The zero-order chi connectivity index (χ0) is 17.4. The topological polar surface area (TPSA) is 103 Å². The van der Waals surface area contributed by atoms with Crippen LogP contribution in [0.3, 0.4) is 0 Å². The van der Waals surface area contributed by atoms with Crippen molar-refractivity contribution in [1.29, 1.82) is 0 Å². The SMILES string of the molecule is CCOc1ccc(NC(=O)CNC(=O)C2(CN)CCOCC2)cc1.Cl. The van der Waals surface area contributed by atoms with Gasteiger partial charge >= 0.3 is 0 Å². The molecule has 0 aromatic heterocycles. The van der Waals surface area contributed by atoms with Crippen molar-refractivity contribution in [3.63, 3.8) is 0 Å². The van der Waals surface area contributed by atoms with Crippen LogP contribution in [0.1, 0.15) is 19.8 Å². The number of carbonyl (C=O) groups excluding carboxylic acids is 2. The van der Waals surface area contributed by atoms with Gasteiger partial charge in [-0.3, -0.25) is 9.59 Å². The summed E-state index contributed by atoms with van der Waals surface area (Å²) in [4.78, 5) is 24.4. The second-order valence-electron chi connectivity index (χ2n) is 5.79. The number of nitrogens with two attached hydrogens (primary N) is 1. The zero-order valence-corrected chi connectivity index (χ0v) is 15.2. The second kappa shape index (κ2) is 10.2. The van der Waals surface area contributed by atoms with Crippen molar-refractivity contribution >= 4 is 29.9 Å². The fourth-order valence-electron chi connectivity index (χ4n) is 2.64. The number of nitrogens with one attached hydrogen (secondary N) is 2. The van der Waals surface area contributed by atoms with E-state index in [-0.39, 0.29) is 37.3 Å². The van der Waals surface area contributed by atoms with E-state index in [1.807, 2.05) is 6.92 Å². The van der Waals surface area contributed by atoms with Crippen molar-refractivity contribution in [2.24, 2.45) is 11.1 Å². The Balaban J connectivity index is 0.00000312. The number of rotatable bonds is 7. The van der Waals surface area contributed by atoms with Gasteiger partial charge in [-0.25, -0.2) is 0 Å². The molecule has 1 heterocycles. The lowest BCUT2D eigenvalue weighted by atomic mass is 9.79. The predicted molar refractivity (Wildman–Crippen MR) is 98.0 cm³/mol. The summed E-state index contributed by atoms with van der Waals surface area (Å²) in [5.74, 6) is 0.273. The summed E-state index contributed by atoms with van der Waals surface area (Å²) in [7, 11) is 0. The van der Waals surface area contributed by atoms with E-state index in [1.165, 1.54) is 0 Å². The Labute approximate surface area is 154 Å². The summed E-state index contributed by atoms with van der Waals surface area (Å²) in [6.07, 6.45) is 1.16. The summed E-state index contributed by atoms with van der Waals surface area (Å²) in [5.41, 5.74) is 5.80. The molecule has 0 unspecified atom stereocenters. The van der Waals surface area contributed by atoms with Gasteiger partial charge in [-0.15, -0.1) is 12.4 Å². The highest BCUT2D eigenvalue weighted by Gasteiger charge is 2.38. The Bertz CT molecular complexity index is 560. The van der Waals surface area contributed by atoms with E-state index < -0.39 is 5.41 Å². The summed E-state index contributed by atoms with van der Waals surface area (Å²) in [6.45, 7) is 3.69. The molecule has 25 heavy (non-hydrogen) atoms.